The number of hydrogen-bond donors (Lipinski definition) is 0. The van der Waals surface area contributed by atoms with Crippen LogP contribution >= 0.6 is 11.6 Å². The first kappa shape index (κ1) is 18.2. The van der Waals surface area contributed by atoms with Gasteiger partial charge in [0.2, 0.25) is 0 Å². The Morgan fingerprint density at radius 3 is 2.35 bits per heavy atom. The molecule has 3 aromatic rings. The molecule has 2 aromatic carbocycles. The second-order valence-electron chi connectivity index (χ2n) is 7.19. The standard InChI is InChI=1S/C21H19ClO4/c1-12-16-11-15(25-20(24)21(2,3)4)9-10-17(16)26-19(23)18(12)13-5-7-14(22)8-6-13/h5-11H,1-4H3. The summed E-state index contributed by atoms with van der Waals surface area (Å²) in [6.07, 6.45) is 0. The Hall–Kier alpha value is -2.59. The zero-order chi connectivity index (χ0) is 19.1. The summed E-state index contributed by atoms with van der Waals surface area (Å²) < 4.78 is 10.9. The van der Waals surface area contributed by atoms with Crippen molar-refractivity contribution in [2.45, 2.75) is 27.7 Å². The van der Waals surface area contributed by atoms with Crippen molar-refractivity contribution in [2.24, 2.45) is 5.41 Å². The highest BCUT2D eigenvalue weighted by Crippen LogP contribution is 2.30. The first-order chi connectivity index (χ1) is 12.2. The molecule has 3 rings (SSSR count). The molecule has 4 nitrogen and oxygen atoms in total. The third kappa shape index (κ3) is 3.51. The Bertz CT molecular complexity index is 1040. The fraction of sp³-hybridized carbons (Fsp3) is 0.238. The third-order valence-electron chi connectivity index (χ3n) is 4.09. The predicted octanol–water partition coefficient (Wildman–Crippen LogP) is 5.37. The molecule has 0 radical (unpaired) electrons. The largest absolute Gasteiger partial charge is 0.426 e. The first-order valence-electron chi connectivity index (χ1n) is 8.22. The number of hydrogen-bond acceptors (Lipinski definition) is 4. The van der Waals surface area contributed by atoms with Crippen molar-refractivity contribution in [1.29, 1.82) is 0 Å². The maximum Gasteiger partial charge on any atom is 0.344 e. The van der Waals surface area contributed by atoms with Crippen LogP contribution in [0.15, 0.2) is 51.7 Å². The number of ether oxygens (including phenoxy) is 1. The van der Waals surface area contributed by atoms with Gasteiger partial charge in [0.15, 0.2) is 0 Å². The van der Waals surface area contributed by atoms with Crippen molar-refractivity contribution in [1.82, 2.24) is 0 Å². The summed E-state index contributed by atoms with van der Waals surface area (Å²) in [5.41, 5.74) is 1.36. The van der Waals surface area contributed by atoms with Crippen molar-refractivity contribution < 1.29 is 13.9 Å². The molecule has 0 spiro atoms. The topological polar surface area (TPSA) is 56.5 Å². The van der Waals surface area contributed by atoms with Gasteiger partial charge in [-0.1, -0.05) is 23.7 Å². The minimum Gasteiger partial charge on any atom is -0.426 e. The number of fused-ring (bicyclic) bond motifs is 1. The van der Waals surface area contributed by atoms with Crippen LogP contribution in [-0.4, -0.2) is 5.97 Å². The lowest BCUT2D eigenvalue weighted by molar-refractivity contribution is -0.142. The number of rotatable bonds is 2. The molecule has 0 fully saturated rings. The van der Waals surface area contributed by atoms with E-state index in [0.29, 0.717) is 27.3 Å². The maximum absolute atomic E-state index is 12.4. The van der Waals surface area contributed by atoms with E-state index in [0.717, 1.165) is 11.1 Å². The molecule has 0 unspecified atom stereocenters. The van der Waals surface area contributed by atoms with Gasteiger partial charge in [-0.25, -0.2) is 4.79 Å². The predicted molar refractivity (Wildman–Crippen MR) is 103 cm³/mol. The zero-order valence-electron chi connectivity index (χ0n) is 15.1. The lowest BCUT2D eigenvalue weighted by Crippen LogP contribution is -2.25. The summed E-state index contributed by atoms with van der Waals surface area (Å²) in [5.74, 6) is 0.0845. The molecule has 134 valence electrons. The van der Waals surface area contributed by atoms with Crippen LogP contribution in [0.1, 0.15) is 26.3 Å². The van der Waals surface area contributed by atoms with Gasteiger partial charge in [0.25, 0.3) is 0 Å². The smallest absolute Gasteiger partial charge is 0.344 e. The van der Waals surface area contributed by atoms with E-state index in [1.54, 1.807) is 63.2 Å². The number of esters is 1. The Balaban J connectivity index is 2.13. The van der Waals surface area contributed by atoms with Crippen molar-refractivity contribution in [3.63, 3.8) is 0 Å². The van der Waals surface area contributed by atoms with Crippen molar-refractivity contribution >= 4 is 28.5 Å². The number of halogens is 1. The van der Waals surface area contributed by atoms with Crippen LogP contribution < -0.4 is 10.4 Å². The van der Waals surface area contributed by atoms with Crippen LogP contribution in [0.25, 0.3) is 22.1 Å². The molecular formula is C21H19ClO4. The molecule has 0 amide bonds. The Kier molecular flexibility index (Phi) is 4.63. The Morgan fingerprint density at radius 1 is 1.08 bits per heavy atom. The summed E-state index contributed by atoms with van der Waals surface area (Å²) in [6.45, 7) is 7.22. The van der Waals surface area contributed by atoms with Gasteiger partial charge in [-0.3, -0.25) is 4.79 Å². The molecule has 5 heteroatoms. The molecule has 0 saturated heterocycles. The van der Waals surface area contributed by atoms with Crippen molar-refractivity contribution in [2.75, 3.05) is 0 Å². The van der Waals surface area contributed by atoms with Crippen molar-refractivity contribution in [3.8, 4) is 16.9 Å². The maximum atomic E-state index is 12.4. The second kappa shape index (κ2) is 6.61. The summed E-state index contributed by atoms with van der Waals surface area (Å²) in [6, 6.07) is 12.0. The van der Waals surface area contributed by atoms with E-state index in [-0.39, 0.29) is 5.97 Å². The highest BCUT2D eigenvalue weighted by Gasteiger charge is 2.24. The van der Waals surface area contributed by atoms with Crippen LogP contribution in [0.4, 0.5) is 0 Å². The SMILES string of the molecule is Cc1c(-c2ccc(Cl)cc2)c(=O)oc2ccc(OC(=O)C(C)(C)C)cc12. The van der Waals surface area contributed by atoms with Gasteiger partial charge in [0.1, 0.15) is 11.3 Å². The zero-order valence-corrected chi connectivity index (χ0v) is 15.8. The van der Waals surface area contributed by atoms with E-state index in [2.05, 4.69) is 0 Å². The minimum absolute atomic E-state index is 0.329. The molecule has 0 bridgehead atoms. The average Bonchev–Trinajstić information content (AvgIpc) is 2.56. The Labute approximate surface area is 156 Å². The molecule has 0 atom stereocenters. The molecule has 1 heterocycles. The van der Waals surface area contributed by atoms with Gasteiger partial charge in [-0.05, 0) is 69.2 Å². The summed E-state index contributed by atoms with van der Waals surface area (Å²) in [7, 11) is 0. The van der Waals surface area contributed by atoms with Gasteiger partial charge in [-0.15, -0.1) is 0 Å². The van der Waals surface area contributed by atoms with Gasteiger partial charge >= 0.3 is 11.6 Å². The van der Waals surface area contributed by atoms with E-state index in [1.807, 2.05) is 6.92 Å². The van der Waals surface area contributed by atoms with Gasteiger partial charge in [0.05, 0.1) is 11.0 Å². The fourth-order valence-electron chi connectivity index (χ4n) is 2.60. The normalized spacial score (nSPS) is 11.6. The quantitative estimate of drug-likeness (QED) is 0.345. The molecule has 0 N–H and O–H groups in total. The highest BCUT2D eigenvalue weighted by molar-refractivity contribution is 6.30. The van der Waals surface area contributed by atoms with Crippen molar-refractivity contribution in [3.05, 3.63) is 63.5 Å². The molecule has 0 aliphatic carbocycles. The number of benzene rings is 2. The summed E-state index contributed by atoms with van der Waals surface area (Å²) in [4.78, 5) is 24.6. The average molecular weight is 371 g/mol. The van der Waals surface area contributed by atoms with Gasteiger partial charge in [-0.2, -0.15) is 0 Å². The molecule has 0 saturated carbocycles. The monoisotopic (exact) mass is 370 g/mol. The molecule has 0 aliphatic rings. The van der Waals surface area contributed by atoms with E-state index in [1.165, 1.54) is 0 Å². The fourth-order valence-corrected chi connectivity index (χ4v) is 2.73. The second-order valence-corrected chi connectivity index (χ2v) is 7.63. The number of carbonyl (C=O) groups is 1. The van der Waals surface area contributed by atoms with Crippen LogP contribution in [0.2, 0.25) is 5.02 Å². The van der Waals surface area contributed by atoms with E-state index < -0.39 is 11.0 Å². The molecular weight excluding hydrogens is 352 g/mol. The Morgan fingerprint density at radius 2 is 1.73 bits per heavy atom. The van der Waals surface area contributed by atoms with Crippen LogP contribution in [-0.2, 0) is 4.79 Å². The lowest BCUT2D eigenvalue weighted by Gasteiger charge is -2.16. The highest BCUT2D eigenvalue weighted by atomic mass is 35.5. The lowest BCUT2D eigenvalue weighted by atomic mass is 9.97. The molecule has 26 heavy (non-hydrogen) atoms. The number of carbonyl (C=O) groups excluding carboxylic acids is 1. The van der Waals surface area contributed by atoms with E-state index in [9.17, 15) is 9.59 Å². The third-order valence-corrected chi connectivity index (χ3v) is 4.34. The summed E-state index contributed by atoms with van der Waals surface area (Å²) in [5, 5.41) is 1.31. The van der Waals surface area contributed by atoms with Gasteiger partial charge < -0.3 is 9.15 Å². The molecule has 1 aromatic heterocycles. The van der Waals surface area contributed by atoms with Crippen LogP contribution in [0, 0.1) is 12.3 Å². The molecule has 0 aliphatic heterocycles. The van der Waals surface area contributed by atoms with Crippen LogP contribution in [0.3, 0.4) is 0 Å². The van der Waals surface area contributed by atoms with E-state index in [4.69, 9.17) is 20.8 Å². The number of aryl methyl sites for hydroxylation is 1. The minimum atomic E-state index is -0.609. The first-order valence-corrected chi connectivity index (χ1v) is 8.60. The van der Waals surface area contributed by atoms with Gasteiger partial charge in [0, 0.05) is 10.4 Å². The van der Waals surface area contributed by atoms with Crippen LogP contribution in [0.5, 0.6) is 5.75 Å². The summed E-state index contributed by atoms with van der Waals surface area (Å²) >= 11 is 5.93. The van der Waals surface area contributed by atoms with E-state index >= 15 is 0 Å².